The largest absolute Gasteiger partial charge is 0.492 e. The first-order valence-electron chi connectivity index (χ1n) is 27.4. The zero-order valence-corrected chi connectivity index (χ0v) is 44.8. The average molecular weight is 1030 g/mol. The summed E-state index contributed by atoms with van der Waals surface area (Å²) in [5, 5.41) is 12.5. The summed E-state index contributed by atoms with van der Waals surface area (Å²) in [6, 6.07) is 30.0. The quantitative estimate of drug-likeness (QED) is 0.0126. The summed E-state index contributed by atoms with van der Waals surface area (Å²) in [4.78, 5) is 41.9. The lowest BCUT2D eigenvalue weighted by Gasteiger charge is -2.09. The monoisotopic (exact) mass is 1030 g/mol. The molecule has 0 aliphatic rings. The molecule has 0 fully saturated rings. The molecule has 0 N–H and O–H groups in total. The molecule has 0 unspecified atom stereocenters. The Labute approximate surface area is 446 Å². The third-order valence-corrected chi connectivity index (χ3v) is 13.2. The van der Waals surface area contributed by atoms with Crippen molar-refractivity contribution in [3.05, 3.63) is 163 Å². The Morgan fingerprint density at radius 2 is 0.851 bits per heavy atom. The van der Waals surface area contributed by atoms with E-state index in [0.717, 1.165) is 42.4 Å². The van der Waals surface area contributed by atoms with Gasteiger partial charge in [-0.25, -0.2) is 9.59 Å². The van der Waals surface area contributed by atoms with E-state index in [4.69, 9.17) is 30.5 Å². The lowest BCUT2D eigenvalue weighted by molar-refractivity contribution is -0.385. The normalized spacial score (nSPS) is 11.3. The molecule has 5 aromatic rings. The minimum absolute atomic E-state index is 0.0538. The van der Waals surface area contributed by atoms with E-state index in [-0.39, 0.29) is 24.7 Å². The number of halogens is 1. The first-order chi connectivity index (χ1) is 36.2. The SMILES string of the molecule is CCCCCCCCCCCCCCOc1ccc(/C=C/c2ccc(C(=O)OCc3cccc(COC(=O)c4ccc(/C=C/c5ccc(OCCCCCCCCCCCC)c(Cl)c5)cc4)n3)cc2)cc1[N+](=O)[O-]. The topological polar surface area (TPSA) is 127 Å². The second kappa shape index (κ2) is 35.0. The van der Waals surface area contributed by atoms with E-state index in [1.54, 1.807) is 72.8 Å². The van der Waals surface area contributed by atoms with E-state index in [2.05, 4.69) is 18.8 Å². The number of pyridine rings is 1. The molecule has 0 bridgehead atoms. The van der Waals surface area contributed by atoms with Crippen molar-refractivity contribution in [3.63, 3.8) is 0 Å². The highest BCUT2D eigenvalue weighted by atomic mass is 35.5. The van der Waals surface area contributed by atoms with Gasteiger partial charge in [0.2, 0.25) is 0 Å². The highest BCUT2D eigenvalue weighted by Gasteiger charge is 2.16. The van der Waals surface area contributed by atoms with Crippen molar-refractivity contribution in [1.29, 1.82) is 0 Å². The number of hydrogen-bond donors (Lipinski definition) is 0. The Balaban J connectivity index is 0.974. The molecule has 1 heterocycles. The number of nitro benzene ring substituents is 1. The fourth-order valence-electron chi connectivity index (χ4n) is 8.52. The fraction of sp³-hybridized carbons (Fsp3) is 0.444. The molecule has 11 heteroatoms. The first-order valence-corrected chi connectivity index (χ1v) is 27.8. The molecule has 4 aromatic carbocycles. The van der Waals surface area contributed by atoms with E-state index in [1.807, 2.05) is 48.6 Å². The molecule has 0 saturated carbocycles. The number of ether oxygens (including phenoxy) is 4. The molecule has 0 saturated heterocycles. The van der Waals surface area contributed by atoms with Gasteiger partial charge >= 0.3 is 17.6 Å². The fourth-order valence-corrected chi connectivity index (χ4v) is 8.76. The van der Waals surface area contributed by atoms with Crippen LogP contribution in [-0.4, -0.2) is 35.1 Å². The molecule has 0 amide bonds. The molecular formula is C63H79ClN2O8. The molecule has 396 valence electrons. The van der Waals surface area contributed by atoms with Crippen LogP contribution in [0.2, 0.25) is 5.02 Å². The number of carbonyl (C=O) groups excluding carboxylic acids is 2. The van der Waals surface area contributed by atoms with E-state index in [1.165, 1.54) is 122 Å². The molecule has 74 heavy (non-hydrogen) atoms. The van der Waals surface area contributed by atoms with Gasteiger partial charge in [0.25, 0.3) is 0 Å². The number of hydrogen-bond acceptors (Lipinski definition) is 9. The van der Waals surface area contributed by atoms with Crippen molar-refractivity contribution >= 4 is 53.5 Å². The first kappa shape index (κ1) is 58.6. The summed E-state index contributed by atoms with van der Waals surface area (Å²) >= 11 is 6.55. The highest BCUT2D eigenvalue weighted by molar-refractivity contribution is 6.32. The van der Waals surface area contributed by atoms with Crippen molar-refractivity contribution in [1.82, 2.24) is 4.98 Å². The maximum absolute atomic E-state index is 12.9. The van der Waals surface area contributed by atoms with Crippen LogP contribution in [0, 0.1) is 10.1 Å². The van der Waals surface area contributed by atoms with Crippen molar-refractivity contribution in [2.75, 3.05) is 13.2 Å². The van der Waals surface area contributed by atoms with Gasteiger partial charge in [0.1, 0.15) is 19.0 Å². The Morgan fingerprint density at radius 3 is 1.27 bits per heavy atom. The van der Waals surface area contributed by atoms with Crippen molar-refractivity contribution in [2.24, 2.45) is 0 Å². The Morgan fingerprint density at radius 1 is 0.486 bits per heavy atom. The van der Waals surface area contributed by atoms with Crippen LogP contribution in [0.15, 0.2) is 103 Å². The van der Waals surface area contributed by atoms with Crippen molar-refractivity contribution in [3.8, 4) is 11.5 Å². The van der Waals surface area contributed by atoms with Gasteiger partial charge in [-0.05, 0) is 89.7 Å². The number of benzene rings is 4. The Hall–Kier alpha value is -6.26. The van der Waals surface area contributed by atoms with Crippen LogP contribution in [-0.2, 0) is 22.7 Å². The number of nitro groups is 1. The van der Waals surface area contributed by atoms with Crippen LogP contribution in [0.25, 0.3) is 24.3 Å². The second-order valence-electron chi connectivity index (χ2n) is 19.1. The predicted octanol–water partition coefficient (Wildman–Crippen LogP) is 18.1. The Bertz CT molecular complexity index is 2490. The standard InChI is InChI=1S/C63H79ClN2O8/c1-3-5-7-9-11-13-15-16-18-20-22-24-45-72-61-43-37-53(47-59(61)66(69)70)31-29-51-34-40-55(41-35-51)63(68)74-49-57-27-25-26-56(65-57)48-73-62(67)54-38-32-50(33-39-54)28-30-52-36-42-60(58(64)46-52)71-44-23-21-19-17-14-12-10-8-6-4-2/h25-43,46-47H,3-24,44-45,48-49H2,1-2H3/b30-28+,31-29+. The average Bonchev–Trinajstić information content (AvgIpc) is 3.42. The maximum atomic E-state index is 12.9. The van der Waals surface area contributed by atoms with Gasteiger partial charge in [-0.2, -0.15) is 0 Å². The van der Waals surface area contributed by atoms with Crippen LogP contribution in [0.1, 0.15) is 209 Å². The van der Waals surface area contributed by atoms with E-state index in [0.29, 0.717) is 52.1 Å². The van der Waals surface area contributed by atoms with Crippen LogP contribution in [0.3, 0.4) is 0 Å². The summed E-state index contributed by atoms with van der Waals surface area (Å²) in [7, 11) is 0. The molecular weight excluding hydrogens is 948 g/mol. The van der Waals surface area contributed by atoms with Gasteiger partial charge in [0, 0.05) is 6.07 Å². The summed E-state index contributed by atoms with van der Waals surface area (Å²) in [5.41, 5.74) is 5.02. The Kier molecular flexibility index (Phi) is 27.8. The van der Waals surface area contributed by atoms with Crippen LogP contribution >= 0.6 is 11.6 Å². The third kappa shape index (κ3) is 22.9. The van der Waals surface area contributed by atoms with Crippen LogP contribution < -0.4 is 9.47 Å². The van der Waals surface area contributed by atoms with Crippen LogP contribution in [0.5, 0.6) is 11.5 Å². The second-order valence-corrected chi connectivity index (χ2v) is 19.5. The molecule has 0 aliphatic heterocycles. The number of aromatic nitrogens is 1. The van der Waals surface area contributed by atoms with Gasteiger partial charge in [-0.3, -0.25) is 15.1 Å². The van der Waals surface area contributed by atoms with Gasteiger partial charge in [-0.15, -0.1) is 0 Å². The van der Waals surface area contributed by atoms with Gasteiger partial charge in [0.05, 0.1) is 45.7 Å². The molecule has 5 rings (SSSR count). The van der Waals surface area contributed by atoms with Gasteiger partial charge in [-0.1, -0.05) is 221 Å². The minimum Gasteiger partial charge on any atom is -0.492 e. The summed E-state index contributed by atoms with van der Waals surface area (Å²) < 4.78 is 22.9. The number of esters is 2. The van der Waals surface area contributed by atoms with Crippen LogP contribution in [0.4, 0.5) is 5.69 Å². The smallest absolute Gasteiger partial charge is 0.338 e. The van der Waals surface area contributed by atoms with Gasteiger partial charge < -0.3 is 18.9 Å². The molecule has 0 aliphatic carbocycles. The molecule has 0 spiro atoms. The minimum atomic E-state index is -0.520. The van der Waals surface area contributed by atoms with E-state index in [9.17, 15) is 19.7 Å². The number of unbranched alkanes of at least 4 members (excludes halogenated alkanes) is 20. The number of rotatable bonds is 37. The molecule has 10 nitrogen and oxygen atoms in total. The lowest BCUT2D eigenvalue weighted by Crippen LogP contribution is -2.09. The lowest BCUT2D eigenvalue weighted by atomic mass is 10.1. The molecule has 0 radical (unpaired) electrons. The van der Waals surface area contributed by atoms with Crippen molar-refractivity contribution < 1.29 is 33.5 Å². The van der Waals surface area contributed by atoms with E-state index < -0.39 is 16.9 Å². The number of nitrogens with zero attached hydrogens (tertiary/aromatic N) is 2. The third-order valence-electron chi connectivity index (χ3n) is 12.9. The number of carbonyl (C=O) groups is 2. The van der Waals surface area contributed by atoms with Crippen molar-refractivity contribution in [2.45, 2.75) is 168 Å². The summed E-state index contributed by atoms with van der Waals surface area (Å²) in [6.45, 7) is 5.48. The predicted molar refractivity (Wildman–Crippen MR) is 302 cm³/mol. The van der Waals surface area contributed by atoms with E-state index >= 15 is 0 Å². The highest BCUT2D eigenvalue weighted by Crippen LogP contribution is 2.30. The molecule has 0 atom stereocenters. The zero-order valence-electron chi connectivity index (χ0n) is 44.0. The summed E-state index contributed by atoms with van der Waals surface area (Å²) in [5.74, 6) is -0.0360. The zero-order chi connectivity index (χ0) is 52.4. The molecule has 1 aromatic heterocycles. The summed E-state index contributed by atoms with van der Waals surface area (Å²) in [6.07, 6.45) is 35.2. The maximum Gasteiger partial charge on any atom is 0.338 e. The van der Waals surface area contributed by atoms with Gasteiger partial charge in [0.15, 0.2) is 5.75 Å².